The summed E-state index contributed by atoms with van der Waals surface area (Å²) in [6.45, 7) is 9.55. The van der Waals surface area contributed by atoms with Crippen LogP contribution in [0.1, 0.15) is 51.5 Å². The zero-order valence-electron chi connectivity index (χ0n) is 15.6. The van der Waals surface area contributed by atoms with Crippen molar-refractivity contribution in [2.45, 2.75) is 57.6 Å². The molecule has 2 N–H and O–H groups in total. The zero-order valence-corrected chi connectivity index (χ0v) is 17.7. The number of nitrogens with one attached hydrogen (secondary N) is 2. The Bertz CT molecular complexity index is 521. The van der Waals surface area contributed by atoms with E-state index in [1.54, 1.807) is 0 Å². The molecule has 1 heterocycles. The van der Waals surface area contributed by atoms with Gasteiger partial charge in [0.25, 0.3) is 6.47 Å². The summed E-state index contributed by atoms with van der Waals surface area (Å²) in [5.74, 6) is 1.66. The molecule has 5 heteroatoms. The molecule has 2 unspecified atom stereocenters. The van der Waals surface area contributed by atoms with Crippen LogP contribution in [0.2, 0.25) is 0 Å². The molecule has 0 amide bonds. The molecular formula is C20H31IN2O2. The minimum atomic E-state index is -0.318. The summed E-state index contributed by atoms with van der Waals surface area (Å²) >= 11 is 2.37. The van der Waals surface area contributed by atoms with E-state index in [0.29, 0.717) is 6.47 Å². The van der Waals surface area contributed by atoms with E-state index in [1.807, 2.05) is 20.8 Å². The van der Waals surface area contributed by atoms with E-state index in [4.69, 9.17) is 0 Å². The van der Waals surface area contributed by atoms with E-state index in [0.717, 1.165) is 17.9 Å². The molecule has 0 bridgehead atoms. The number of halogens is 1. The molecule has 1 saturated heterocycles. The highest BCUT2D eigenvalue weighted by molar-refractivity contribution is 14.1. The summed E-state index contributed by atoms with van der Waals surface area (Å²) in [5.41, 5.74) is 1.19. The van der Waals surface area contributed by atoms with Crippen molar-refractivity contribution >= 4 is 29.1 Å². The third kappa shape index (κ3) is 8.05. The Kier molecular flexibility index (Phi) is 8.16. The van der Waals surface area contributed by atoms with Gasteiger partial charge in [0, 0.05) is 15.5 Å². The second kappa shape index (κ2) is 9.88. The van der Waals surface area contributed by atoms with Crippen molar-refractivity contribution in [3.63, 3.8) is 0 Å². The molecule has 2 aliphatic rings. The zero-order chi connectivity index (χ0) is 18.3. The van der Waals surface area contributed by atoms with Gasteiger partial charge in [-0.1, -0.05) is 12.1 Å². The van der Waals surface area contributed by atoms with Crippen LogP contribution in [0.4, 0.5) is 0 Å². The minimum Gasteiger partial charge on any atom is -0.462 e. The van der Waals surface area contributed by atoms with Crippen LogP contribution in [0.3, 0.4) is 0 Å². The molecule has 1 aliphatic carbocycles. The lowest BCUT2D eigenvalue weighted by atomic mass is 9.98. The second-order valence-electron chi connectivity index (χ2n) is 7.93. The van der Waals surface area contributed by atoms with Gasteiger partial charge in [-0.2, -0.15) is 0 Å². The van der Waals surface area contributed by atoms with Crippen LogP contribution < -0.4 is 10.6 Å². The maximum Gasteiger partial charge on any atom is 0.293 e. The number of ether oxygens (including phenoxy) is 1. The first-order valence-corrected chi connectivity index (χ1v) is 10.3. The van der Waals surface area contributed by atoms with Gasteiger partial charge in [-0.15, -0.1) is 0 Å². The third-order valence-electron chi connectivity index (χ3n) is 4.62. The predicted octanol–water partition coefficient (Wildman–Crippen LogP) is 3.69. The molecule has 0 spiro atoms. The van der Waals surface area contributed by atoms with Crippen LogP contribution >= 0.6 is 22.6 Å². The van der Waals surface area contributed by atoms with Crippen LogP contribution in [0.5, 0.6) is 0 Å². The fraction of sp³-hybridized carbons (Fsp3) is 0.650. The van der Waals surface area contributed by atoms with Crippen LogP contribution in [-0.2, 0) is 9.53 Å². The first-order chi connectivity index (χ1) is 11.9. The van der Waals surface area contributed by atoms with E-state index in [2.05, 4.69) is 62.2 Å². The average Bonchev–Trinajstić information content (AvgIpc) is 3.34. The lowest BCUT2D eigenvalue weighted by Crippen LogP contribution is -2.34. The van der Waals surface area contributed by atoms with Crippen molar-refractivity contribution in [3.8, 4) is 0 Å². The number of benzene rings is 1. The smallest absolute Gasteiger partial charge is 0.293 e. The van der Waals surface area contributed by atoms with Crippen LogP contribution in [0.25, 0.3) is 0 Å². The second-order valence-corrected chi connectivity index (χ2v) is 9.17. The average molecular weight is 458 g/mol. The Labute approximate surface area is 165 Å². The summed E-state index contributed by atoms with van der Waals surface area (Å²) in [6.07, 6.45) is 4.01. The normalized spacial score (nSPS) is 23.4. The quantitative estimate of drug-likeness (QED) is 0.522. The SMILES string of the molecule is CC(C)(C)OC=O.Ic1ccc(C2CC2NCC2CCNCC2)cc1. The van der Waals surface area contributed by atoms with E-state index in [9.17, 15) is 4.79 Å². The fourth-order valence-corrected chi connectivity index (χ4v) is 3.41. The Hall–Kier alpha value is -0.660. The predicted molar refractivity (Wildman–Crippen MR) is 111 cm³/mol. The fourth-order valence-electron chi connectivity index (χ4n) is 3.05. The molecule has 3 rings (SSSR count). The Morgan fingerprint density at radius 3 is 2.40 bits per heavy atom. The van der Waals surface area contributed by atoms with Gasteiger partial charge in [0.1, 0.15) is 5.60 Å². The lowest BCUT2D eigenvalue weighted by Gasteiger charge is -2.22. The first kappa shape index (κ1) is 20.6. The molecule has 25 heavy (non-hydrogen) atoms. The van der Waals surface area contributed by atoms with E-state index >= 15 is 0 Å². The third-order valence-corrected chi connectivity index (χ3v) is 5.34. The van der Waals surface area contributed by atoms with Crippen molar-refractivity contribution in [3.05, 3.63) is 33.4 Å². The van der Waals surface area contributed by atoms with Gasteiger partial charge in [-0.05, 0) is 106 Å². The number of hydrogen-bond donors (Lipinski definition) is 2. The van der Waals surface area contributed by atoms with Crippen LogP contribution in [-0.4, -0.2) is 37.7 Å². The maximum absolute atomic E-state index is 9.60. The van der Waals surface area contributed by atoms with Crippen molar-refractivity contribution in [1.82, 2.24) is 10.6 Å². The highest BCUT2D eigenvalue weighted by Gasteiger charge is 2.38. The van der Waals surface area contributed by atoms with Gasteiger partial charge >= 0.3 is 0 Å². The van der Waals surface area contributed by atoms with Crippen molar-refractivity contribution in [1.29, 1.82) is 0 Å². The van der Waals surface area contributed by atoms with Gasteiger partial charge in [0.2, 0.25) is 0 Å². The van der Waals surface area contributed by atoms with Crippen molar-refractivity contribution in [2.24, 2.45) is 5.92 Å². The Morgan fingerprint density at radius 1 is 1.24 bits per heavy atom. The highest BCUT2D eigenvalue weighted by atomic mass is 127. The van der Waals surface area contributed by atoms with E-state index in [-0.39, 0.29) is 5.60 Å². The highest BCUT2D eigenvalue weighted by Crippen LogP contribution is 2.41. The number of carbonyl (C=O) groups excluding carboxylic acids is 1. The van der Waals surface area contributed by atoms with E-state index < -0.39 is 0 Å². The van der Waals surface area contributed by atoms with Crippen molar-refractivity contribution < 1.29 is 9.53 Å². The largest absolute Gasteiger partial charge is 0.462 e. The minimum absolute atomic E-state index is 0.318. The summed E-state index contributed by atoms with van der Waals surface area (Å²) in [5, 5.41) is 7.19. The molecule has 140 valence electrons. The number of hydrogen-bond acceptors (Lipinski definition) is 4. The molecule has 2 atom stereocenters. The molecule has 1 saturated carbocycles. The molecule has 0 radical (unpaired) electrons. The molecule has 2 fully saturated rings. The van der Waals surface area contributed by atoms with Crippen molar-refractivity contribution in [2.75, 3.05) is 19.6 Å². The molecule has 1 aromatic carbocycles. The Balaban J connectivity index is 0.000000277. The molecule has 1 aliphatic heterocycles. The molecule has 4 nitrogen and oxygen atoms in total. The van der Waals surface area contributed by atoms with Crippen LogP contribution in [0.15, 0.2) is 24.3 Å². The van der Waals surface area contributed by atoms with E-state index in [1.165, 1.54) is 48.0 Å². The maximum atomic E-state index is 9.60. The van der Waals surface area contributed by atoms with Gasteiger partial charge in [-0.25, -0.2) is 0 Å². The first-order valence-electron chi connectivity index (χ1n) is 9.20. The number of piperidine rings is 1. The van der Waals surface area contributed by atoms with Gasteiger partial charge in [0.05, 0.1) is 0 Å². The Morgan fingerprint density at radius 2 is 1.88 bits per heavy atom. The summed E-state index contributed by atoms with van der Waals surface area (Å²) < 4.78 is 5.88. The summed E-state index contributed by atoms with van der Waals surface area (Å²) in [6, 6.07) is 9.76. The lowest BCUT2D eigenvalue weighted by molar-refractivity contribution is -0.138. The standard InChI is InChI=1S/C15H21IN2.C5H10O2/c16-13-3-1-12(2-4-13)14-9-15(14)18-10-11-5-7-17-8-6-11;1-5(2,3)7-4-6/h1-4,11,14-15,17-18H,5-10H2;4H,1-3H3. The number of rotatable bonds is 5. The molecule has 0 aromatic heterocycles. The van der Waals surface area contributed by atoms with Crippen LogP contribution in [0, 0.1) is 9.49 Å². The molecular weight excluding hydrogens is 427 g/mol. The summed E-state index contributed by atoms with van der Waals surface area (Å²) in [4.78, 5) is 9.60. The van der Waals surface area contributed by atoms with Gasteiger partial charge in [0.15, 0.2) is 0 Å². The van der Waals surface area contributed by atoms with Gasteiger partial charge in [-0.3, -0.25) is 4.79 Å². The molecule has 1 aromatic rings. The summed E-state index contributed by atoms with van der Waals surface area (Å²) in [7, 11) is 0. The number of carbonyl (C=O) groups is 1. The topological polar surface area (TPSA) is 50.4 Å². The van der Waals surface area contributed by atoms with Gasteiger partial charge < -0.3 is 15.4 Å². The monoisotopic (exact) mass is 458 g/mol.